The molecule has 3 atom stereocenters. The van der Waals surface area contributed by atoms with Gasteiger partial charge < -0.3 is 5.32 Å². The molecule has 0 radical (unpaired) electrons. The van der Waals surface area contributed by atoms with E-state index in [9.17, 15) is 8.42 Å². The molecule has 2 aliphatic rings. The summed E-state index contributed by atoms with van der Waals surface area (Å²) < 4.78 is 24.4. The summed E-state index contributed by atoms with van der Waals surface area (Å²) >= 11 is 0. The van der Waals surface area contributed by atoms with Crippen LogP contribution in [0.4, 0.5) is 0 Å². The van der Waals surface area contributed by atoms with Crippen LogP contribution >= 0.6 is 0 Å². The Kier molecular flexibility index (Phi) is 2.13. The second-order valence-corrected chi connectivity index (χ2v) is 6.09. The SMILES string of the molecule is CC1C2CNCC2CN1S(C)(=O)=O. The van der Waals surface area contributed by atoms with E-state index >= 15 is 0 Å². The van der Waals surface area contributed by atoms with E-state index in [0.717, 1.165) is 13.1 Å². The highest BCUT2D eigenvalue weighted by Gasteiger charge is 2.44. The summed E-state index contributed by atoms with van der Waals surface area (Å²) in [5.74, 6) is 1.06. The Balaban J connectivity index is 2.20. The molecular weight excluding hydrogens is 188 g/mol. The molecule has 0 aromatic rings. The number of hydrogen-bond donors (Lipinski definition) is 1. The third kappa shape index (κ3) is 1.49. The Hall–Kier alpha value is -0.130. The number of rotatable bonds is 1. The molecule has 0 aliphatic carbocycles. The van der Waals surface area contributed by atoms with Gasteiger partial charge in [-0.25, -0.2) is 8.42 Å². The smallest absolute Gasteiger partial charge is 0.211 e. The minimum atomic E-state index is -2.99. The van der Waals surface area contributed by atoms with Crippen LogP contribution in [0.5, 0.6) is 0 Å². The van der Waals surface area contributed by atoms with Gasteiger partial charge in [-0.3, -0.25) is 0 Å². The van der Waals surface area contributed by atoms with Crippen molar-refractivity contribution in [3.8, 4) is 0 Å². The fraction of sp³-hybridized carbons (Fsp3) is 1.00. The van der Waals surface area contributed by atoms with Gasteiger partial charge in [-0.05, 0) is 31.8 Å². The molecule has 0 aromatic carbocycles. The zero-order valence-electron chi connectivity index (χ0n) is 8.03. The van der Waals surface area contributed by atoms with Crippen molar-refractivity contribution in [1.82, 2.24) is 9.62 Å². The molecule has 3 unspecified atom stereocenters. The van der Waals surface area contributed by atoms with E-state index in [4.69, 9.17) is 0 Å². The maximum atomic E-state index is 11.4. The number of nitrogens with zero attached hydrogens (tertiary/aromatic N) is 1. The van der Waals surface area contributed by atoms with Crippen LogP contribution in [0, 0.1) is 11.8 Å². The third-order valence-corrected chi connectivity index (χ3v) is 4.64. The quantitative estimate of drug-likeness (QED) is 0.625. The molecule has 2 rings (SSSR count). The third-order valence-electron chi connectivity index (χ3n) is 3.31. The lowest BCUT2D eigenvalue weighted by molar-refractivity contribution is 0.363. The van der Waals surface area contributed by atoms with Crippen LogP contribution in [0.1, 0.15) is 6.92 Å². The average Bonchev–Trinajstić information content (AvgIpc) is 2.51. The van der Waals surface area contributed by atoms with Crippen molar-refractivity contribution in [3.05, 3.63) is 0 Å². The van der Waals surface area contributed by atoms with Crippen LogP contribution in [0.3, 0.4) is 0 Å². The highest BCUT2D eigenvalue weighted by atomic mass is 32.2. The van der Waals surface area contributed by atoms with Crippen LogP contribution in [-0.2, 0) is 10.0 Å². The second-order valence-electron chi connectivity index (χ2n) is 4.16. The highest BCUT2D eigenvalue weighted by molar-refractivity contribution is 7.88. The molecule has 76 valence electrons. The van der Waals surface area contributed by atoms with Crippen molar-refractivity contribution >= 4 is 10.0 Å². The first-order chi connectivity index (χ1) is 6.00. The Morgan fingerprint density at radius 2 is 2.08 bits per heavy atom. The van der Waals surface area contributed by atoms with Crippen molar-refractivity contribution in [2.24, 2.45) is 11.8 Å². The first-order valence-electron chi connectivity index (χ1n) is 4.67. The van der Waals surface area contributed by atoms with E-state index in [1.165, 1.54) is 6.26 Å². The van der Waals surface area contributed by atoms with Crippen molar-refractivity contribution in [2.75, 3.05) is 25.9 Å². The van der Waals surface area contributed by atoms with Crippen LogP contribution in [0.15, 0.2) is 0 Å². The minimum absolute atomic E-state index is 0.176. The summed E-state index contributed by atoms with van der Waals surface area (Å²) in [7, 11) is -2.99. The minimum Gasteiger partial charge on any atom is -0.316 e. The molecule has 1 N–H and O–H groups in total. The van der Waals surface area contributed by atoms with Gasteiger partial charge in [0.05, 0.1) is 6.26 Å². The molecule has 2 fully saturated rings. The predicted molar refractivity (Wildman–Crippen MR) is 50.9 cm³/mol. The Bertz CT molecular complexity index is 301. The summed E-state index contributed by atoms with van der Waals surface area (Å²) in [6.07, 6.45) is 1.30. The summed E-state index contributed by atoms with van der Waals surface area (Å²) in [6.45, 7) is 4.66. The van der Waals surface area contributed by atoms with Crippen LogP contribution in [-0.4, -0.2) is 44.7 Å². The van der Waals surface area contributed by atoms with E-state index in [0.29, 0.717) is 18.4 Å². The van der Waals surface area contributed by atoms with Crippen molar-refractivity contribution in [1.29, 1.82) is 0 Å². The van der Waals surface area contributed by atoms with Gasteiger partial charge in [0.25, 0.3) is 0 Å². The molecule has 0 aromatic heterocycles. The van der Waals surface area contributed by atoms with Crippen LogP contribution < -0.4 is 5.32 Å². The van der Waals surface area contributed by atoms with Gasteiger partial charge in [0, 0.05) is 12.6 Å². The number of sulfonamides is 1. The summed E-state index contributed by atoms with van der Waals surface area (Å²) in [6, 6.07) is 0.176. The fourth-order valence-electron chi connectivity index (χ4n) is 2.57. The Morgan fingerprint density at radius 1 is 1.38 bits per heavy atom. The van der Waals surface area contributed by atoms with Gasteiger partial charge in [-0.15, -0.1) is 0 Å². The zero-order valence-corrected chi connectivity index (χ0v) is 8.84. The summed E-state index contributed by atoms with van der Waals surface area (Å²) in [5, 5.41) is 3.31. The van der Waals surface area contributed by atoms with Crippen LogP contribution in [0.2, 0.25) is 0 Å². The van der Waals surface area contributed by atoms with E-state index in [-0.39, 0.29) is 6.04 Å². The van der Waals surface area contributed by atoms with E-state index < -0.39 is 10.0 Å². The van der Waals surface area contributed by atoms with E-state index in [1.807, 2.05) is 6.92 Å². The highest BCUT2D eigenvalue weighted by Crippen LogP contribution is 2.33. The molecule has 0 saturated carbocycles. The summed E-state index contributed by atoms with van der Waals surface area (Å²) in [5.41, 5.74) is 0. The van der Waals surface area contributed by atoms with Gasteiger partial charge in [0.15, 0.2) is 0 Å². The standard InChI is InChI=1S/C8H16N2O2S/c1-6-8-4-9-3-7(8)5-10(6)13(2,11)12/h6-9H,3-5H2,1-2H3. The molecule has 0 spiro atoms. The van der Waals surface area contributed by atoms with Crippen molar-refractivity contribution < 1.29 is 8.42 Å². The average molecular weight is 204 g/mol. The number of hydrogen-bond acceptors (Lipinski definition) is 3. The molecule has 5 heteroatoms. The van der Waals surface area contributed by atoms with E-state index in [2.05, 4.69) is 5.32 Å². The largest absolute Gasteiger partial charge is 0.316 e. The zero-order chi connectivity index (χ0) is 9.64. The normalized spacial score (nSPS) is 40.9. The second kappa shape index (κ2) is 2.93. The predicted octanol–water partition coefficient (Wildman–Crippen LogP) is -0.514. The van der Waals surface area contributed by atoms with Crippen molar-refractivity contribution in [2.45, 2.75) is 13.0 Å². The van der Waals surface area contributed by atoms with Gasteiger partial charge in [-0.2, -0.15) is 4.31 Å². The molecule has 0 bridgehead atoms. The maximum absolute atomic E-state index is 11.4. The maximum Gasteiger partial charge on any atom is 0.211 e. The molecule has 2 aliphatic heterocycles. The topological polar surface area (TPSA) is 49.4 Å². The molecule has 0 amide bonds. The molecule has 4 nitrogen and oxygen atoms in total. The van der Waals surface area contributed by atoms with Gasteiger partial charge in [-0.1, -0.05) is 0 Å². The lowest BCUT2D eigenvalue weighted by atomic mass is 9.95. The van der Waals surface area contributed by atoms with E-state index in [1.54, 1.807) is 4.31 Å². The molecule has 2 saturated heterocycles. The van der Waals surface area contributed by atoms with Crippen LogP contribution in [0.25, 0.3) is 0 Å². The first kappa shape index (κ1) is 9.43. The molecular formula is C8H16N2O2S. The molecule has 2 heterocycles. The summed E-state index contributed by atoms with van der Waals surface area (Å²) in [4.78, 5) is 0. The monoisotopic (exact) mass is 204 g/mol. The lowest BCUT2D eigenvalue weighted by Gasteiger charge is -2.21. The number of nitrogens with one attached hydrogen (secondary N) is 1. The fourth-order valence-corrected chi connectivity index (χ4v) is 3.79. The van der Waals surface area contributed by atoms with Gasteiger partial charge in [0.2, 0.25) is 10.0 Å². The lowest BCUT2D eigenvalue weighted by Crippen LogP contribution is -2.37. The molecule has 13 heavy (non-hydrogen) atoms. The van der Waals surface area contributed by atoms with Gasteiger partial charge in [0.1, 0.15) is 0 Å². The van der Waals surface area contributed by atoms with Crippen molar-refractivity contribution in [3.63, 3.8) is 0 Å². The van der Waals surface area contributed by atoms with Gasteiger partial charge >= 0.3 is 0 Å². The number of fused-ring (bicyclic) bond motifs is 1. The first-order valence-corrected chi connectivity index (χ1v) is 6.52. The Labute approximate surface area is 79.4 Å². The Morgan fingerprint density at radius 3 is 2.62 bits per heavy atom.